The Morgan fingerprint density at radius 1 is 1.28 bits per heavy atom. The summed E-state index contributed by atoms with van der Waals surface area (Å²) in [6.45, 7) is 1.83. The summed E-state index contributed by atoms with van der Waals surface area (Å²) >= 11 is 0. The van der Waals surface area contributed by atoms with Crippen LogP contribution in [0.4, 0.5) is 4.39 Å². The zero-order valence-electron chi connectivity index (χ0n) is 10.00. The summed E-state index contributed by atoms with van der Waals surface area (Å²) in [6.07, 6.45) is 0. The molecule has 1 aromatic carbocycles. The molecule has 1 rings (SSSR count). The first-order valence-electron chi connectivity index (χ1n) is 5.27. The Bertz CT molecular complexity index is 476. The second-order valence-corrected chi connectivity index (χ2v) is 4.50. The maximum atomic E-state index is 13.6. The van der Waals surface area contributed by atoms with Gasteiger partial charge in [0.2, 0.25) is 12.1 Å². The van der Waals surface area contributed by atoms with Gasteiger partial charge in [0.25, 0.3) is 0 Å². The molecular weight excluding hydrogens is 243 g/mol. The zero-order chi connectivity index (χ0) is 13.9. The van der Waals surface area contributed by atoms with Crippen molar-refractivity contribution in [3.05, 3.63) is 55.9 Å². The molecule has 0 aromatic heterocycles. The van der Waals surface area contributed by atoms with Gasteiger partial charge >= 0.3 is 0 Å². The van der Waals surface area contributed by atoms with Crippen LogP contribution < -0.4 is 0 Å². The number of hydrogen-bond donors (Lipinski definition) is 0. The van der Waals surface area contributed by atoms with Gasteiger partial charge in [-0.1, -0.05) is 18.2 Å². The molecule has 18 heavy (non-hydrogen) atoms. The van der Waals surface area contributed by atoms with E-state index in [9.17, 15) is 24.6 Å². The summed E-state index contributed by atoms with van der Waals surface area (Å²) in [7, 11) is 0. The highest BCUT2D eigenvalue weighted by molar-refractivity contribution is 5.24. The fraction of sp³-hybridized carbons (Fsp3) is 0.455. The molecule has 0 radical (unpaired) electrons. The molecule has 0 aliphatic heterocycles. The minimum atomic E-state index is -1.62. The average Bonchev–Trinajstić information content (AvgIpc) is 2.26. The van der Waals surface area contributed by atoms with Crippen LogP contribution in [0.25, 0.3) is 0 Å². The van der Waals surface area contributed by atoms with Gasteiger partial charge in [-0.15, -0.1) is 0 Å². The predicted octanol–water partition coefficient (Wildman–Crippen LogP) is 2.24. The highest BCUT2D eigenvalue weighted by Crippen LogP contribution is 2.32. The number of hydrogen-bond acceptors (Lipinski definition) is 4. The smallest absolute Gasteiger partial charge is 0.229 e. The monoisotopic (exact) mass is 256 g/mol. The third kappa shape index (κ3) is 2.79. The van der Waals surface area contributed by atoms with E-state index in [1.165, 1.54) is 32.0 Å². The fourth-order valence-corrected chi connectivity index (χ4v) is 1.74. The summed E-state index contributed by atoms with van der Waals surface area (Å²) < 4.78 is 13.6. The number of nitro groups is 2. The van der Waals surface area contributed by atoms with Crippen molar-refractivity contribution >= 4 is 0 Å². The molecule has 6 nitrogen and oxygen atoms in total. The molecule has 0 fully saturated rings. The van der Waals surface area contributed by atoms with Gasteiger partial charge in [-0.2, -0.15) is 0 Å². The lowest BCUT2D eigenvalue weighted by atomic mass is 9.82. The molecule has 0 spiro atoms. The molecule has 98 valence electrons. The molecule has 1 aromatic rings. The van der Waals surface area contributed by atoms with Crippen molar-refractivity contribution in [3.63, 3.8) is 0 Å². The van der Waals surface area contributed by atoms with E-state index in [0.29, 0.717) is 0 Å². The van der Waals surface area contributed by atoms with E-state index in [2.05, 4.69) is 0 Å². The minimum absolute atomic E-state index is 0.00380. The van der Waals surface area contributed by atoms with Crippen LogP contribution in [0.2, 0.25) is 0 Å². The van der Waals surface area contributed by atoms with Crippen molar-refractivity contribution in [2.45, 2.75) is 25.3 Å². The minimum Gasteiger partial charge on any atom is -0.265 e. The number of rotatable bonds is 5. The molecule has 0 aliphatic rings. The lowest BCUT2D eigenvalue weighted by molar-refractivity contribution is -0.579. The largest absolute Gasteiger partial charge is 0.265 e. The van der Waals surface area contributed by atoms with E-state index in [0.717, 1.165) is 6.07 Å². The van der Waals surface area contributed by atoms with Gasteiger partial charge in [0.1, 0.15) is 11.7 Å². The van der Waals surface area contributed by atoms with E-state index in [-0.39, 0.29) is 5.56 Å². The normalized spacial score (nSPS) is 13.1. The molecule has 0 bridgehead atoms. The molecule has 0 N–H and O–H groups in total. The number of benzene rings is 1. The Kier molecular flexibility index (Phi) is 3.95. The lowest BCUT2D eigenvalue weighted by Crippen LogP contribution is -2.41. The van der Waals surface area contributed by atoms with Gasteiger partial charge in [0.05, 0.1) is 0 Å². The van der Waals surface area contributed by atoms with E-state index < -0.39 is 33.7 Å². The van der Waals surface area contributed by atoms with Crippen molar-refractivity contribution in [1.29, 1.82) is 0 Å². The van der Waals surface area contributed by atoms with Crippen LogP contribution in [0, 0.1) is 26.0 Å². The van der Waals surface area contributed by atoms with E-state index >= 15 is 0 Å². The van der Waals surface area contributed by atoms with Gasteiger partial charge in [-0.25, -0.2) is 4.39 Å². The first-order chi connectivity index (χ1) is 8.26. The second kappa shape index (κ2) is 5.07. The Balaban J connectivity index is 3.26. The van der Waals surface area contributed by atoms with E-state index in [1.54, 1.807) is 0 Å². The molecule has 0 saturated heterocycles. The van der Waals surface area contributed by atoms with Gasteiger partial charge in [-0.3, -0.25) is 20.2 Å². The van der Waals surface area contributed by atoms with Crippen LogP contribution >= 0.6 is 0 Å². The first kappa shape index (κ1) is 14.0. The number of nitrogens with zero attached hydrogens (tertiary/aromatic N) is 2. The van der Waals surface area contributed by atoms with Gasteiger partial charge in [-0.05, 0) is 6.07 Å². The Labute approximate surface area is 103 Å². The second-order valence-electron chi connectivity index (χ2n) is 4.50. The molecule has 0 aliphatic carbocycles. The van der Waals surface area contributed by atoms with Crippen molar-refractivity contribution in [2.75, 3.05) is 6.54 Å². The van der Waals surface area contributed by atoms with Crippen molar-refractivity contribution in [3.8, 4) is 0 Å². The molecule has 0 amide bonds. The summed E-state index contributed by atoms with van der Waals surface area (Å²) in [6, 6.07) is 5.41. The van der Waals surface area contributed by atoms with Crippen molar-refractivity contribution < 1.29 is 14.2 Å². The first-order valence-corrected chi connectivity index (χ1v) is 5.27. The van der Waals surface area contributed by atoms with E-state index in [1.807, 2.05) is 0 Å². The quantitative estimate of drug-likeness (QED) is 0.597. The summed E-state index contributed by atoms with van der Waals surface area (Å²) in [5.74, 6) is -1.79. The SMILES string of the molecule is CC(C)([C@H](C[N+](=O)[O-])c1ccccc1F)[N+](=O)[O-]. The van der Waals surface area contributed by atoms with Crippen molar-refractivity contribution in [2.24, 2.45) is 0 Å². The molecule has 0 saturated carbocycles. The van der Waals surface area contributed by atoms with Gasteiger partial charge in [0.15, 0.2) is 0 Å². The Morgan fingerprint density at radius 3 is 2.28 bits per heavy atom. The molecule has 0 heterocycles. The van der Waals surface area contributed by atoms with Crippen molar-refractivity contribution in [1.82, 2.24) is 0 Å². The van der Waals surface area contributed by atoms with Crippen LogP contribution in [0.5, 0.6) is 0 Å². The van der Waals surface area contributed by atoms with Gasteiger partial charge < -0.3 is 0 Å². The summed E-state index contributed by atoms with van der Waals surface area (Å²) in [5.41, 5.74) is -1.62. The summed E-state index contributed by atoms with van der Waals surface area (Å²) in [5, 5.41) is 21.6. The van der Waals surface area contributed by atoms with Crippen LogP contribution in [-0.4, -0.2) is 21.9 Å². The van der Waals surface area contributed by atoms with Crippen LogP contribution in [0.1, 0.15) is 25.3 Å². The van der Waals surface area contributed by atoms with Crippen LogP contribution in [-0.2, 0) is 0 Å². The highest BCUT2D eigenvalue weighted by atomic mass is 19.1. The molecule has 0 unspecified atom stereocenters. The van der Waals surface area contributed by atoms with Crippen LogP contribution in [0.3, 0.4) is 0 Å². The maximum absolute atomic E-state index is 13.6. The average molecular weight is 256 g/mol. The number of halogens is 1. The van der Waals surface area contributed by atoms with Gasteiger partial charge in [0, 0.05) is 29.3 Å². The third-order valence-electron chi connectivity index (χ3n) is 2.94. The molecular formula is C11H13FN2O4. The highest BCUT2D eigenvalue weighted by Gasteiger charge is 2.46. The summed E-state index contributed by atoms with van der Waals surface area (Å²) in [4.78, 5) is 20.3. The Hall–Kier alpha value is -2.05. The van der Waals surface area contributed by atoms with E-state index in [4.69, 9.17) is 0 Å². The maximum Gasteiger partial charge on any atom is 0.229 e. The third-order valence-corrected chi connectivity index (χ3v) is 2.94. The Morgan fingerprint density at radius 2 is 1.83 bits per heavy atom. The standard InChI is InChI=1S/C11H13FN2O4/c1-11(2,14(17)18)9(7-13(15)16)8-5-3-4-6-10(8)12/h3-6,9H,7H2,1-2H3/t9-/m1/s1. The van der Waals surface area contributed by atoms with Crippen LogP contribution in [0.15, 0.2) is 24.3 Å². The molecule has 7 heteroatoms. The fourth-order valence-electron chi connectivity index (χ4n) is 1.74. The molecule has 1 atom stereocenters. The predicted molar refractivity (Wildman–Crippen MR) is 62.1 cm³/mol. The lowest BCUT2D eigenvalue weighted by Gasteiger charge is -2.24. The topological polar surface area (TPSA) is 86.3 Å². The zero-order valence-corrected chi connectivity index (χ0v) is 10.00.